The summed E-state index contributed by atoms with van der Waals surface area (Å²) in [4.78, 5) is 25.7. The predicted octanol–water partition coefficient (Wildman–Crippen LogP) is 0.680. The van der Waals surface area contributed by atoms with Gasteiger partial charge >= 0.3 is 6.03 Å². The van der Waals surface area contributed by atoms with Crippen LogP contribution in [0.1, 0.15) is 42.5 Å². The Labute approximate surface area is 133 Å². The lowest BCUT2D eigenvalue weighted by Crippen LogP contribution is -2.56. The molecule has 3 N–H and O–H groups in total. The molecule has 4 atom stereocenters. The molecule has 0 aromatic carbocycles. The number of hydrogen-bond acceptors (Lipinski definition) is 3. The summed E-state index contributed by atoms with van der Waals surface area (Å²) >= 11 is 0. The highest BCUT2D eigenvalue weighted by Gasteiger charge is 2.63. The van der Waals surface area contributed by atoms with Crippen molar-refractivity contribution in [2.75, 3.05) is 7.05 Å². The Morgan fingerprint density at radius 3 is 2.83 bits per heavy atom. The van der Waals surface area contributed by atoms with Crippen LogP contribution in [0.5, 0.6) is 0 Å². The van der Waals surface area contributed by atoms with Gasteiger partial charge in [0.25, 0.3) is 5.91 Å². The van der Waals surface area contributed by atoms with Crippen LogP contribution in [0.25, 0.3) is 5.57 Å². The van der Waals surface area contributed by atoms with Gasteiger partial charge in [0.05, 0.1) is 12.1 Å². The monoisotopic (exact) mass is 316 g/mol. The van der Waals surface area contributed by atoms with Gasteiger partial charge in [0, 0.05) is 19.2 Å². The van der Waals surface area contributed by atoms with Crippen LogP contribution < -0.4 is 10.6 Å². The second kappa shape index (κ2) is 4.38. The first-order valence-electron chi connectivity index (χ1n) is 7.80. The van der Waals surface area contributed by atoms with Crippen molar-refractivity contribution in [3.63, 3.8) is 0 Å². The first-order valence-corrected chi connectivity index (χ1v) is 7.80. The summed E-state index contributed by atoms with van der Waals surface area (Å²) < 4.78 is 2.01. The molecule has 0 spiro atoms. The number of amides is 3. The van der Waals surface area contributed by atoms with E-state index in [9.17, 15) is 14.7 Å². The minimum atomic E-state index is -1.29. The van der Waals surface area contributed by atoms with Gasteiger partial charge in [0.2, 0.25) is 0 Å². The fraction of sp³-hybridized carbons (Fsp3) is 0.500. The molecule has 1 saturated heterocycles. The van der Waals surface area contributed by atoms with Crippen LogP contribution in [0, 0.1) is 0 Å². The predicted molar refractivity (Wildman–Crippen MR) is 83.7 cm³/mol. The SMILES string of the molecule is CC=C(C)c1ccc2n1C1CC3(O)C(NC(=O)N3C)C1NC2=O. The van der Waals surface area contributed by atoms with Crippen molar-refractivity contribution >= 4 is 17.5 Å². The van der Waals surface area contributed by atoms with Gasteiger partial charge in [0.15, 0.2) is 5.72 Å². The summed E-state index contributed by atoms with van der Waals surface area (Å²) in [5, 5.41) is 16.8. The third kappa shape index (κ3) is 1.63. The average molecular weight is 316 g/mol. The highest BCUT2D eigenvalue weighted by Crippen LogP contribution is 2.46. The second-order valence-corrected chi connectivity index (χ2v) is 6.58. The number of hydrogen-bond donors (Lipinski definition) is 3. The van der Waals surface area contributed by atoms with Crippen LogP contribution in [-0.4, -0.2) is 51.4 Å². The summed E-state index contributed by atoms with van der Waals surface area (Å²) in [6.45, 7) is 3.96. The number of allylic oxidation sites excluding steroid dienone is 2. The molecule has 3 aliphatic rings. The molecule has 7 nitrogen and oxygen atoms in total. The molecule has 2 aliphatic heterocycles. The maximum Gasteiger partial charge on any atom is 0.319 e. The minimum Gasteiger partial charge on any atom is -0.368 e. The molecule has 122 valence electrons. The maximum atomic E-state index is 12.4. The van der Waals surface area contributed by atoms with Crippen LogP contribution in [0.4, 0.5) is 4.79 Å². The molecule has 1 aromatic rings. The van der Waals surface area contributed by atoms with Gasteiger partial charge in [-0.1, -0.05) is 6.08 Å². The van der Waals surface area contributed by atoms with E-state index in [-0.39, 0.29) is 24.0 Å². The lowest BCUT2D eigenvalue weighted by Gasteiger charge is -2.33. The van der Waals surface area contributed by atoms with E-state index in [2.05, 4.69) is 10.6 Å². The van der Waals surface area contributed by atoms with Gasteiger partial charge in [-0.05, 0) is 31.6 Å². The molecule has 3 heterocycles. The van der Waals surface area contributed by atoms with Crippen LogP contribution in [0.3, 0.4) is 0 Å². The zero-order valence-electron chi connectivity index (χ0n) is 13.3. The minimum absolute atomic E-state index is 0.0966. The maximum absolute atomic E-state index is 12.4. The summed E-state index contributed by atoms with van der Waals surface area (Å²) in [6.07, 6.45) is 2.38. The molecule has 1 aromatic heterocycles. The first kappa shape index (κ1) is 14.3. The number of carbonyl (C=O) groups excluding carboxylic acids is 2. The zero-order valence-corrected chi connectivity index (χ0v) is 13.3. The second-order valence-electron chi connectivity index (χ2n) is 6.58. The number of nitrogens with one attached hydrogen (secondary N) is 2. The number of nitrogens with zero attached hydrogens (tertiary/aromatic N) is 2. The summed E-state index contributed by atoms with van der Waals surface area (Å²) in [7, 11) is 1.59. The molecule has 2 fully saturated rings. The molecule has 3 amide bonds. The van der Waals surface area contributed by atoms with E-state index < -0.39 is 11.8 Å². The molecular weight excluding hydrogens is 296 g/mol. The van der Waals surface area contributed by atoms with Gasteiger partial charge in [-0.3, -0.25) is 9.69 Å². The van der Waals surface area contributed by atoms with E-state index in [0.29, 0.717) is 12.1 Å². The van der Waals surface area contributed by atoms with Crippen molar-refractivity contribution in [1.29, 1.82) is 0 Å². The zero-order chi connectivity index (χ0) is 16.5. The van der Waals surface area contributed by atoms with E-state index in [1.54, 1.807) is 7.05 Å². The van der Waals surface area contributed by atoms with Crippen molar-refractivity contribution in [2.45, 2.75) is 44.1 Å². The fourth-order valence-electron chi connectivity index (χ4n) is 4.14. The van der Waals surface area contributed by atoms with Gasteiger partial charge in [-0.15, -0.1) is 0 Å². The Morgan fingerprint density at radius 2 is 2.13 bits per heavy atom. The molecule has 23 heavy (non-hydrogen) atoms. The van der Waals surface area contributed by atoms with Crippen molar-refractivity contribution in [3.05, 3.63) is 29.6 Å². The lowest BCUT2D eigenvalue weighted by molar-refractivity contribution is -0.0561. The number of likely N-dealkylation sites (N-methyl/N-ethyl adjacent to an activating group) is 1. The molecule has 4 rings (SSSR count). The van der Waals surface area contributed by atoms with E-state index in [1.807, 2.05) is 36.6 Å². The lowest BCUT2D eigenvalue weighted by atomic mass is 10.0. The topological polar surface area (TPSA) is 86.6 Å². The number of fused-ring (bicyclic) bond motifs is 5. The molecule has 0 radical (unpaired) electrons. The van der Waals surface area contributed by atoms with Gasteiger partial charge in [0.1, 0.15) is 11.7 Å². The quantitative estimate of drug-likeness (QED) is 0.712. The third-order valence-corrected chi connectivity index (χ3v) is 5.56. The number of carbonyl (C=O) groups is 2. The van der Waals surface area contributed by atoms with E-state index >= 15 is 0 Å². The molecule has 7 heteroatoms. The van der Waals surface area contributed by atoms with Crippen molar-refractivity contribution < 1.29 is 14.7 Å². The van der Waals surface area contributed by atoms with E-state index in [0.717, 1.165) is 11.3 Å². The van der Waals surface area contributed by atoms with Crippen molar-refractivity contribution in [1.82, 2.24) is 20.1 Å². The largest absolute Gasteiger partial charge is 0.368 e. The van der Waals surface area contributed by atoms with E-state index in [4.69, 9.17) is 0 Å². The summed E-state index contributed by atoms with van der Waals surface area (Å²) in [5.41, 5.74) is 1.36. The van der Waals surface area contributed by atoms with Crippen LogP contribution in [0.15, 0.2) is 18.2 Å². The highest BCUT2D eigenvalue weighted by atomic mass is 16.3. The Morgan fingerprint density at radius 1 is 1.39 bits per heavy atom. The van der Waals surface area contributed by atoms with Gasteiger partial charge in [-0.2, -0.15) is 0 Å². The normalized spacial score (nSPS) is 35.6. The number of aliphatic hydroxyl groups is 1. The molecule has 1 aliphatic carbocycles. The Hall–Kier alpha value is -2.28. The Bertz CT molecular complexity index is 753. The number of rotatable bonds is 1. The average Bonchev–Trinajstić information content (AvgIpc) is 3.14. The number of aromatic nitrogens is 1. The smallest absolute Gasteiger partial charge is 0.319 e. The van der Waals surface area contributed by atoms with Crippen molar-refractivity contribution in [2.24, 2.45) is 0 Å². The third-order valence-electron chi connectivity index (χ3n) is 5.56. The molecule has 1 saturated carbocycles. The van der Waals surface area contributed by atoms with Crippen LogP contribution in [0.2, 0.25) is 0 Å². The number of urea groups is 1. The van der Waals surface area contributed by atoms with Gasteiger partial charge < -0.3 is 20.3 Å². The van der Waals surface area contributed by atoms with E-state index in [1.165, 1.54) is 4.90 Å². The molecular formula is C16H20N4O3. The summed E-state index contributed by atoms with van der Waals surface area (Å²) in [5.74, 6) is -0.172. The Balaban J connectivity index is 1.84. The first-order chi connectivity index (χ1) is 10.9. The van der Waals surface area contributed by atoms with Crippen molar-refractivity contribution in [3.8, 4) is 0 Å². The summed E-state index contributed by atoms with van der Waals surface area (Å²) in [6, 6.07) is 2.50. The highest BCUT2D eigenvalue weighted by molar-refractivity contribution is 5.95. The molecule has 0 bridgehead atoms. The van der Waals surface area contributed by atoms with Crippen LogP contribution in [-0.2, 0) is 0 Å². The standard InChI is InChI=1S/C16H20N4O3/c1-4-8(2)9-5-6-10-14(21)17-12-11(20(9)10)7-16(23)13(12)18-15(22)19(16)3/h4-6,11-13,23H,7H2,1-3H3,(H,17,21)(H,18,22). The fourth-order valence-corrected chi connectivity index (χ4v) is 4.14. The molecule has 4 unspecified atom stereocenters. The van der Waals surface area contributed by atoms with Gasteiger partial charge in [-0.25, -0.2) is 4.79 Å². The Kier molecular flexibility index (Phi) is 2.73. The van der Waals surface area contributed by atoms with Crippen LogP contribution >= 0.6 is 0 Å².